The minimum atomic E-state index is -0.999. The molecule has 172 valence electrons. The number of piperidine rings is 1. The maximum absolute atomic E-state index is 13.0. The van der Waals surface area contributed by atoms with Gasteiger partial charge < -0.3 is 25.9 Å². The normalized spacial score (nSPS) is 18.6. The van der Waals surface area contributed by atoms with Crippen molar-refractivity contribution < 1.29 is 28.7 Å². The number of hydrazine groups is 1. The molecule has 1 fully saturated rings. The van der Waals surface area contributed by atoms with Gasteiger partial charge in [0, 0.05) is 24.9 Å². The first-order valence-corrected chi connectivity index (χ1v) is 10.1. The summed E-state index contributed by atoms with van der Waals surface area (Å²) >= 11 is 0. The number of hydrogen-bond acceptors (Lipinski definition) is 10. The molecule has 1 aromatic rings. The molecule has 1 unspecified atom stereocenters. The summed E-state index contributed by atoms with van der Waals surface area (Å²) in [5.41, 5.74) is 9.27. The highest BCUT2D eigenvalue weighted by Crippen LogP contribution is 2.32. The van der Waals surface area contributed by atoms with Gasteiger partial charge in [-0.15, -0.1) is 0 Å². The van der Waals surface area contributed by atoms with E-state index in [2.05, 4.69) is 16.1 Å². The third-order valence-electron chi connectivity index (χ3n) is 4.94. The van der Waals surface area contributed by atoms with E-state index in [0.29, 0.717) is 37.7 Å². The number of amides is 4. The molecule has 2 aliphatic rings. The molecule has 0 spiro atoms. The molecule has 12 nitrogen and oxygen atoms in total. The van der Waals surface area contributed by atoms with Crippen LogP contribution in [-0.4, -0.2) is 67.5 Å². The van der Waals surface area contributed by atoms with Crippen molar-refractivity contribution in [3.63, 3.8) is 0 Å². The highest BCUT2D eigenvalue weighted by atomic mass is 16.5. The second kappa shape index (κ2) is 10.7. The van der Waals surface area contributed by atoms with Gasteiger partial charge in [-0.25, -0.2) is 0 Å². The van der Waals surface area contributed by atoms with E-state index < -0.39 is 29.7 Å². The molecule has 1 atom stereocenters. The fourth-order valence-corrected chi connectivity index (χ4v) is 3.48. The van der Waals surface area contributed by atoms with Crippen molar-refractivity contribution in [2.75, 3.05) is 38.3 Å². The van der Waals surface area contributed by atoms with Crippen LogP contribution in [0.5, 0.6) is 0 Å². The number of nitrogens with one attached hydrogen (secondary N) is 3. The lowest BCUT2D eigenvalue weighted by molar-refractivity contribution is -0.136. The predicted molar refractivity (Wildman–Crippen MR) is 113 cm³/mol. The molecule has 32 heavy (non-hydrogen) atoms. The summed E-state index contributed by atoms with van der Waals surface area (Å²) in [5.74, 6) is 2.94. The summed E-state index contributed by atoms with van der Waals surface area (Å²) in [6.07, 6.45) is 1.61. The molecule has 1 saturated heterocycles. The first-order valence-electron chi connectivity index (χ1n) is 10.1. The van der Waals surface area contributed by atoms with E-state index in [-0.39, 0.29) is 30.6 Å². The van der Waals surface area contributed by atoms with E-state index >= 15 is 0 Å². The van der Waals surface area contributed by atoms with Crippen LogP contribution in [0.2, 0.25) is 0 Å². The summed E-state index contributed by atoms with van der Waals surface area (Å²) in [6, 6.07) is 3.88. The lowest BCUT2D eigenvalue weighted by Gasteiger charge is -2.27. The number of rotatable bonds is 11. The highest BCUT2D eigenvalue weighted by Gasteiger charge is 2.45. The van der Waals surface area contributed by atoms with Crippen LogP contribution in [-0.2, 0) is 19.1 Å². The van der Waals surface area contributed by atoms with Gasteiger partial charge >= 0.3 is 0 Å². The van der Waals surface area contributed by atoms with Crippen LogP contribution in [0.1, 0.15) is 33.6 Å². The van der Waals surface area contributed by atoms with Gasteiger partial charge in [0.2, 0.25) is 11.8 Å². The van der Waals surface area contributed by atoms with E-state index in [0.717, 1.165) is 4.90 Å². The molecule has 0 radical (unpaired) electrons. The van der Waals surface area contributed by atoms with E-state index in [4.69, 9.17) is 21.1 Å². The Morgan fingerprint density at radius 1 is 1.16 bits per heavy atom. The second-order valence-electron chi connectivity index (χ2n) is 7.15. The molecule has 0 bridgehead atoms. The Labute approximate surface area is 184 Å². The Morgan fingerprint density at radius 3 is 2.69 bits per heavy atom. The number of nitrogens with zero attached hydrogens (tertiary/aromatic N) is 1. The molecule has 2 aliphatic heterocycles. The van der Waals surface area contributed by atoms with Gasteiger partial charge in [-0.05, 0) is 18.6 Å². The Morgan fingerprint density at radius 2 is 1.94 bits per heavy atom. The number of ether oxygens (including phenoxy) is 2. The zero-order valence-corrected chi connectivity index (χ0v) is 17.4. The van der Waals surface area contributed by atoms with Gasteiger partial charge in [-0.3, -0.25) is 35.2 Å². The lowest BCUT2D eigenvalue weighted by Crippen LogP contribution is -2.54. The maximum Gasteiger partial charge on any atom is 0.264 e. The second-order valence-corrected chi connectivity index (χ2v) is 7.15. The van der Waals surface area contributed by atoms with Gasteiger partial charge in [-0.1, -0.05) is 6.07 Å². The maximum atomic E-state index is 13.0. The van der Waals surface area contributed by atoms with Crippen LogP contribution >= 0.6 is 0 Å². The largest absolute Gasteiger partial charge is 0.399 e. The third kappa shape index (κ3) is 5.22. The van der Waals surface area contributed by atoms with Crippen molar-refractivity contribution in [1.82, 2.24) is 15.6 Å². The van der Waals surface area contributed by atoms with Crippen LogP contribution in [0.4, 0.5) is 5.69 Å². The first kappa shape index (κ1) is 23.2. The lowest BCUT2D eigenvalue weighted by atomic mass is 10.0. The minimum absolute atomic E-state index is 0.0722. The van der Waals surface area contributed by atoms with Gasteiger partial charge in [-0.2, -0.15) is 0 Å². The molecule has 4 amide bonds. The number of carbonyl (C=O) groups is 4. The fourth-order valence-electron chi connectivity index (χ4n) is 3.48. The molecule has 0 saturated carbocycles. The highest BCUT2D eigenvalue weighted by molar-refractivity contribution is 6.25. The summed E-state index contributed by atoms with van der Waals surface area (Å²) in [6.45, 7) is 1.63. The van der Waals surface area contributed by atoms with Gasteiger partial charge in [0.25, 0.3) is 11.8 Å². The Balaban J connectivity index is 1.51. The van der Waals surface area contributed by atoms with Crippen LogP contribution in [0, 0.1) is 0 Å². The zero-order chi connectivity index (χ0) is 23.1. The smallest absolute Gasteiger partial charge is 0.264 e. The molecule has 7 N–H and O–H groups in total. The minimum Gasteiger partial charge on any atom is -0.399 e. The number of carbonyl (C=O) groups excluding carboxylic acids is 4. The molecule has 0 aromatic heterocycles. The Bertz CT molecular complexity index is 933. The topological polar surface area (TPSA) is 178 Å². The predicted octanol–water partition coefficient (Wildman–Crippen LogP) is -1.20. The molecule has 2 heterocycles. The van der Waals surface area contributed by atoms with Crippen molar-refractivity contribution in [2.24, 2.45) is 11.6 Å². The monoisotopic (exact) mass is 446 g/mol. The number of benzene rings is 1. The molecule has 12 heteroatoms. The van der Waals surface area contributed by atoms with Crippen LogP contribution < -0.4 is 27.6 Å². The Kier molecular flexibility index (Phi) is 7.76. The fraction of sp³-hybridized carbons (Fsp3) is 0.400. The average Bonchev–Trinajstić information content (AvgIpc) is 3.01. The molecular formula is C20H26N6O6. The van der Waals surface area contributed by atoms with Crippen LogP contribution in [0.25, 0.3) is 0 Å². The van der Waals surface area contributed by atoms with Crippen molar-refractivity contribution in [3.05, 3.63) is 41.2 Å². The van der Waals surface area contributed by atoms with Gasteiger partial charge in [0.1, 0.15) is 6.04 Å². The van der Waals surface area contributed by atoms with Crippen molar-refractivity contribution >= 4 is 29.3 Å². The molecular weight excluding hydrogens is 420 g/mol. The van der Waals surface area contributed by atoms with E-state index in [1.807, 2.05) is 0 Å². The zero-order valence-electron chi connectivity index (χ0n) is 17.4. The van der Waals surface area contributed by atoms with Crippen molar-refractivity contribution in [2.45, 2.75) is 18.9 Å². The summed E-state index contributed by atoms with van der Waals surface area (Å²) in [4.78, 5) is 50.3. The first-order chi connectivity index (χ1) is 15.4. The molecule has 3 rings (SSSR count). The van der Waals surface area contributed by atoms with Crippen LogP contribution in [0.3, 0.4) is 0 Å². The Hall–Kier alpha value is -3.48. The number of nitrogens with two attached hydrogens (primary N) is 2. The quantitative estimate of drug-likeness (QED) is 0.120. The van der Waals surface area contributed by atoms with Gasteiger partial charge in [0.15, 0.2) is 0 Å². The van der Waals surface area contributed by atoms with E-state index in [1.54, 1.807) is 18.2 Å². The number of anilines is 1. The number of hydrogen-bond donors (Lipinski definition) is 5. The summed E-state index contributed by atoms with van der Waals surface area (Å²) < 4.78 is 10.8. The summed E-state index contributed by atoms with van der Waals surface area (Å²) in [7, 11) is 0. The number of fused-ring (bicyclic) bond motifs is 1. The molecule has 0 aliphatic carbocycles. The molecule has 1 aromatic carbocycles. The standard InChI is InChI=1S/C20H26N6O6/c21-12(10-24-22)11-32-9-8-31-7-6-23-14-3-1-2-13-17(14)20(30)26(19(13)29)15-4-5-16(27)25-18(15)28/h1-3,10,15,23-24H,4-9,11,21-22H2,(H,25,27,28)/b12-10-. The summed E-state index contributed by atoms with van der Waals surface area (Å²) in [5, 5.41) is 5.27. The third-order valence-corrected chi connectivity index (χ3v) is 4.94. The van der Waals surface area contributed by atoms with E-state index in [9.17, 15) is 19.2 Å². The van der Waals surface area contributed by atoms with Gasteiger partial charge in [0.05, 0.1) is 43.3 Å². The van der Waals surface area contributed by atoms with Crippen molar-refractivity contribution in [1.29, 1.82) is 0 Å². The SMILES string of the molecule is NN/C=C(\N)COCCOCCNc1cccc2c1C(=O)N(C1CCC(=O)NC1=O)C2=O. The number of imide groups is 2. The average molecular weight is 446 g/mol. The van der Waals surface area contributed by atoms with Crippen LogP contribution in [0.15, 0.2) is 30.1 Å². The van der Waals surface area contributed by atoms with E-state index in [1.165, 1.54) is 6.20 Å². The van der Waals surface area contributed by atoms with Crippen molar-refractivity contribution in [3.8, 4) is 0 Å².